The molecule has 43 heavy (non-hydrogen) atoms. The molecular weight excluding hydrogens is 520 g/mol. The SMILES string of the molecule is [2H]c1c([2H])c([2H])c(-c2cc3oc4c([2H])c([2H])c([2H])c(-c5c6c([2H])c([2H])c([2H])c([2H])c6c(-c6c([2H])c([2H])c([2H])c7c([2H])c([2H])c([2H])c([2H])c67)c6c([2H])c([2H])c([2H])c([2H])c56)c4c3c([2H])c2[2H])c([2H])c1[2H]. The van der Waals surface area contributed by atoms with Crippen LogP contribution < -0.4 is 0 Å². The molecule has 1 aromatic heterocycles. The van der Waals surface area contributed by atoms with E-state index in [1.165, 1.54) is 0 Å². The summed E-state index contributed by atoms with van der Waals surface area (Å²) in [6.45, 7) is 0. The maximum absolute atomic E-state index is 9.48. The van der Waals surface area contributed by atoms with Crippen LogP contribution in [-0.2, 0) is 0 Å². The van der Waals surface area contributed by atoms with Crippen molar-refractivity contribution in [3.8, 4) is 33.4 Å². The van der Waals surface area contributed by atoms with Gasteiger partial charge in [-0.1, -0.05) is 139 Å². The molecule has 0 N–H and O–H groups in total. The van der Waals surface area contributed by atoms with E-state index in [4.69, 9.17) is 29.1 Å². The second-order valence-electron chi connectivity index (χ2n) is 9.35. The molecule has 200 valence electrons. The van der Waals surface area contributed by atoms with Crippen LogP contribution in [-0.4, -0.2) is 0 Å². The molecule has 0 radical (unpaired) electrons. The van der Waals surface area contributed by atoms with E-state index in [0.29, 0.717) is 0 Å². The highest BCUT2D eigenvalue weighted by atomic mass is 16.3. The van der Waals surface area contributed by atoms with E-state index in [2.05, 4.69) is 0 Å². The summed E-state index contributed by atoms with van der Waals surface area (Å²) in [4.78, 5) is 0. The summed E-state index contributed by atoms with van der Waals surface area (Å²) in [5.74, 6) is 0. The number of hydrogen-bond donors (Lipinski definition) is 0. The first kappa shape index (κ1) is 9.97. The molecular formula is C42H26O. The fourth-order valence-electron chi connectivity index (χ4n) is 5.34. The smallest absolute Gasteiger partial charge is 0.136 e. The lowest BCUT2D eigenvalue weighted by Gasteiger charge is -2.19. The van der Waals surface area contributed by atoms with Crippen LogP contribution in [0.3, 0.4) is 0 Å². The molecule has 1 heteroatoms. The Morgan fingerprint density at radius 3 is 1.65 bits per heavy atom. The van der Waals surface area contributed by atoms with E-state index >= 15 is 0 Å². The Morgan fingerprint density at radius 2 is 0.930 bits per heavy atom. The first-order valence-corrected chi connectivity index (χ1v) is 12.7. The molecule has 9 rings (SSSR count). The van der Waals surface area contributed by atoms with Gasteiger partial charge in [-0.2, -0.15) is 0 Å². The van der Waals surface area contributed by atoms with Gasteiger partial charge in [-0.15, -0.1) is 0 Å². The fraction of sp³-hybridized carbons (Fsp3) is 0. The summed E-state index contributed by atoms with van der Waals surface area (Å²) in [6, 6.07) is -20.5. The van der Waals surface area contributed by atoms with Crippen molar-refractivity contribution in [1.29, 1.82) is 0 Å². The largest absolute Gasteiger partial charge is 0.456 e. The van der Waals surface area contributed by atoms with Crippen LogP contribution in [0.4, 0.5) is 0 Å². The molecule has 0 amide bonds. The van der Waals surface area contributed by atoms with Crippen molar-refractivity contribution < 1.29 is 38.7 Å². The van der Waals surface area contributed by atoms with Gasteiger partial charge in [0.2, 0.25) is 0 Å². The van der Waals surface area contributed by atoms with Crippen molar-refractivity contribution >= 4 is 54.3 Å². The summed E-state index contributed by atoms with van der Waals surface area (Å²) in [6.07, 6.45) is 0. The third-order valence-electron chi connectivity index (χ3n) is 7.10. The lowest BCUT2D eigenvalue weighted by molar-refractivity contribution is 0.669. The highest BCUT2D eigenvalue weighted by Crippen LogP contribution is 2.48. The van der Waals surface area contributed by atoms with Gasteiger partial charge in [-0.05, 0) is 83.8 Å². The third kappa shape index (κ3) is 3.65. The van der Waals surface area contributed by atoms with Crippen molar-refractivity contribution in [2.75, 3.05) is 0 Å². The van der Waals surface area contributed by atoms with Crippen LogP contribution in [0.25, 0.3) is 87.6 Å². The summed E-state index contributed by atoms with van der Waals surface area (Å²) in [7, 11) is 0. The van der Waals surface area contributed by atoms with Crippen LogP contribution in [0.5, 0.6) is 0 Å². The molecule has 0 aliphatic rings. The Labute approximate surface area is 284 Å². The summed E-state index contributed by atoms with van der Waals surface area (Å²) in [5, 5.41) is -4.70. The summed E-state index contributed by atoms with van der Waals surface area (Å²) in [5.41, 5.74) is -4.41. The Hall–Kier alpha value is -5.66. The first-order chi connectivity index (χ1) is 31.7. The average Bonchev–Trinajstić information content (AvgIpc) is 3.69. The van der Waals surface area contributed by atoms with E-state index in [1.807, 2.05) is 0 Å². The van der Waals surface area contributed by atoms with Gasteiger partial charge >= 0.3 is 0 Å². The predicted octanol–water partition coefficient (Wildman–Crippen LogP) is 12.0. The van der Waals surface area contributed by atoms with Crippen molar-refractivity contribution in [3.05, 3.63) is 157 Å². The molecule has 0 saturated heterocycles. The number of hydrogen-bond acceptors (Lipinski definition) is 1. The Morgan fingerprint density at radius 1 is 0.372 bits per heavy atom. The summed E-state index contributed by atoms with van der Waals surface area (Å²) >= 11 is 0. The van der Waals surface area contributed by atoms with Gasteiger partial charge in [0.15, 0.2) is 0 Å². The minimum Gasteiger partial charge on any atom is -0.456 e. The molecule has 0 aliphatic heterocycles. The average molecular weight is 572 g/mol. The highest BCUT2D eigenvalue weighted by molar-refractivity contribution is 6.27. The zero-order chi connectivity index (χ0) is 50.1. The third-order valence-corrected chi connectivity index (χ3v) is 7.10. The molecule has 0 fully saturated rings. The lowest BCUT2D eigenvalue weighted by atomic mass is 9.84. The van der Waals surface area contributed by atoms with Crippen molar-refractivity contribution in [3.63, 3.8) is 0 Å². The van der Waals surface area contributed by atoms with Crippen LogP contribution in [0.15, 0.2) is 162 Å². The lowest BCUT2D eigenvalue weighted by Crippen LogP contribution is -1.92. The van der Waals surface area contributed by atoms with Gasteiger partial charge in [0, 0.05) is 10.8 Å². The van der Waals surface area contributed by atoms with Crippen molar-refractivity contribution in [2.24, 2.45) is 0 Å². The molecule has 0 atom stereocenters. The van der Waals surface area contributed by atoms with Gasteiger partial charge < -0.3 is 4.42 Å². The normalized spacial score (nSPS) is 19.9. The maximum Gasteiger partial charge on any atom is 0.136 e. The topological polar surface area (TPSA) is 13.1 Å². The Kier molecular flexibility index (Phi) is 2.19. The molecule has 0 saturated carbocycles. The summed E-state index contributed by atoms with van der Waals surface area (Å²) < 4.78 is 228. The zero-order valence-electron chi connectivity index (χ0n) is 46.5. The molecule has 1 nitrogen and oxygen atoms in total. The van der Waals surface area contributed by atoms with E-state index in [1.54, 1.807) is 0 Å². The van der Waals surface area contributed by atoms with Gasteiger partial charge in [0.1, 0.15) is 11.2 Å². The number of fused-ring (bicyclic) bond motifs is 6. The van der Waals surface area contributed by atoms with Crippen molar-refractivity contribution in [2.45, 2.75) is 0 Å². The minimum atomic E-state index is -0.948. The Balaban J connectivity index is 1.63. The Bertz CT molecular complexity index is 3790. The molecule has 0 aliphatic carbocycles. The van der Waals surface area contributed by atoms with Crippen molar-refractivity contribution in [1.82, 2.24) is 0 Å². The molecule has 8 aromatic carbocycles. The highest BCUT2D eigenvalue weighted by Gasteiger charge is 2.21. The number of rotatable bonds is 3. The quantitative estimate of drug-likeness (QED) is 0.192. The van der Waals surface area contributed by atoms with Crippen LogP contribution in [0, 0.1) is 0 Å². The molecule has 0 unspecified atom stereocenters. The van der Waals surface area contributed by atoms with E-state index in [0.717, 1.165) is 6.07 Å². The van der Waals surface area contributed by atoms with Gasteiger partial charge in [-0.3, -0.25) is 0 Å². The molecule has 9 aromatic rings. The van der Waals surface area contributed by atoms with Gasteiger partial charge in [-0.25, -0.2) is 0 Å². The van der Waals surface area contributed by atoms with Crippen LogP contribution in [0.2, 0.25) is 0 Å². The van der Waals surface area contributed by atoms with Gasteiger partial charge in [0.05, 0.1) is 34.3 Å². The molecule has 0 spiro atoms. The monoisotopic (exact) mass is 571 g/mol. The second-order valence-corrected chi connectivity index (χ2v) is 9.35. The zero-order valence-corrected chi connectivity index (χ0v) is 21.5. The van der Waals surface area contributed by atoms with Crippen LogP contribution >= 0.6 is 0 Å². The van der Waals surface area contributed by atoms with E-state index in [9.17, 15) is 9.60 Å². The predicted molar refractivity (Wildman–Crippen MR) is 183 cm³/mol. The first-order valence-electron chi connectivity index (χ1n) is 25.2. The molecule has 1 heterocycles. The number of furan rings is 1. The fourth-order valence-corrected chi connectivity index (χ4v) is 5.34. The van der Waals surface area contributed by atoms with Gasteiger partial charge in [0.25, 0.3) is 0 Å². The standard InChI is InChI=1S/C42H26O/c1-2-12-27(13-3-1)29-24-25-36-39(26-29)43-38-23-11-22-37(42(36)38)41-34-19-8-6-17-32(34)40(33-18-7-9-20-35(33)41)31-21-10-15-28-14-4-5-16-30(28)31/h1-26H/i1D,2D,3D,4D,5D,6D,7D,8D,9D,10D,11D,12D,13D,14D,15D,16D,17D,18D,19D,20D,21D,22D,23D,24D,25D. The minimum absolute atomic E-state index is 0.392. The molecule has 0 bridgehead atoms. The van der Waals surface area contributed by atoms with Crippen LogP contribution in [0.1, 0.15) is 34.3 Å². The maximum atomic E-state index is 9.48. The number of benzene rings is 8. The van der Waals surface area contributed by atoms with E-state index in [-0.39, 0.29) is 0 Å². The van der Waals surface area contributed by atoms with E-state index < -0.39 is 239 Å². The second kappa shape index (κ2) is 9.44.